The summed E-state index contributed by atoms with van der Waals surface area (Å²) in [4.78, 5) is 4.11. The fraction of sp³-hybridized carbons (Fsp3) is 0.333. The van der Waals surface area contributed by atoms with Gasteiger partial charge in [-0.15, -0.1) is 0 Å². The fourth-order valence-electron chi connectivity index (χ4n) is 1.71. The summed E-state index contributed by atoms with van der Waals surface area (Å²) in [6.07, 6.45) is 3.61. The van der Waals surface area contributed by atoms with Crippen LogP contribution in [-0.4, -0.2) is 21.8 Å². The van der Waals surface area contributed by atoms with E-state index in [1.807, 2.05) is 30.1 Å². The Labute approximate surface area is 95.3 Å². The van der Waals surface area contributed by atoms with Crippen molar-refractivity contribution in [3.8, 4) is 11.3 Å². The highest BCUT2D eigenvalue weighted by atomic mass is 15.3. The number of aromatic nitrogens is 3. The number of pyridine rings is 1. The van der Waals surface area contributed by atoms with Crippen LogP contribution in [0.3, 0.4) is 0 Å². The molecule has 0 aliphatic heterocycles. The maximum atomic E-state index is 4.55. The number of hydrogen-bond acceptors (Lipinski definition) is 3. The molecule has 0 atom stereocenters. The van der Waals surface area contributed by atoms with Crippen molar-refractivity contribution in [3.05, 3.63) is 36.3 Å². The minimum absolute atomic E-state index is 0.834. The maximum absolute atomic E-state index is 4.55. The van der Waals surface area contributed by atoms with E-state index < -0.39 is 0 Å². The number of aryl methyl sites for hydroxylation is 1. The van der Waals surface area contributed by atoms with Crippen LogP contribution in [0.15, 0.2) is 30.6 Å². The van der Waals surface area contributed by atoms with Gasteiger partial charge in [0.2, 0.25) is 0 Å². The van der Waals surface area contributed by atoms with Crippen molar-refractivity contribution < 1.29 is 0 Å². The molecule has 2 aromatic heterocycles. The van der Waals surface area contributed by atoms with Crippen LogP contribution in [0.1, 0.15) is 12.6 Å². The SMILES string of the molecule is CCn1nc(-c2cccnc2)cc1CNC. The van der Waals surface area contributed by atoms with E-state index in [0.717, 1.165) is 24.3 Å². The van der Waals surface area contributed by atoms with Gasteiger partial charge < -0.3 is 5.32 Å². The number of hydrogen-bond donors (Lipinski definition) is 1. The van der Waals surface area contributed by atoms with Crippen LogP contribution in [0.25, 0.3) is 11.3 Å². The smallest absolute Gasteiger partial charge is 0.0942 e. The van der Waals surface area contributed by atoms with E-state index in [1.54, 1.807) is 6.20 Å². The van der Waals surface area contributed by atoms with Crippen molar-refractivity contribution in [1.82, 2.24) is 20.1 Å². The molecule has 2 rings (SSSR count). The predicted octanol–water partition coefficient (Wildman–Crippen LogP) is 1.68. The molecule has 0 saturated carbocycles. The third-order valence-electron chi connectivity index (χ3n) is 2.48. The highest BCUT2D eigenvalue weighted by Crippen LogP contribution is 2.17. The molecule has 16 heavy (non-hydrogen) atoms. The van der Waals surface area contributed by atoms with Crippen molar-refractivity contribution >= 4 is 0 Å². The van der Waals surface area contributed by atoms with Crippen molar-refractivity contribution in [3.63, 3.8) is 0 Å². The average molecular weight is 216 g/mol. The van der Waals surface area contributed by atoms with Crippen LogP contribution in [-0.2, 0) is 13.1 Å². The minimum atomic E-state index is 0.834. The summed E-state index contributed by atoms with van der Waals surface area (Å²) in [5.41, 5.74) is 3.25. The lowest BCUT2D eigenvalue weighted by atomic mass is 10.2. The van der Waals surface area contributed by atoms with E-state index in [1.165, 1.54) is 5.69 Å². The zero-order chi connectivity index (χ0) is 11.4. The van der Waals surface area contributed by atoms with E-state index in [-0.39, 0.29) is 0 Å². The molecule has 1 N–H and O–H groups in total. The molecule has 0 fully saturated rings. The maximum Gasteiger partial charge on any atom is 0.0942 e. The molecular weight excluding hydrogens is 200 g/mol. The molecule has 2 heterocycles. The normalized spacial score (nSPS) is 10.6. The first-order valence-corrected chi connectivity index (χ1v) is 5.47. The summed E-state index contributed by atoms with van der Waals surface area (Å²) in [5.74, 6) is 0. The first-order valence-electron chi connectivity index (χ1n) is 5.47. The van der Waals surface area contributed by atoms with Gasteiger partial charge in [-0.2, -0.15) is 5.10 Å². The molecule has 0 amide bonds. The second-order valence-corrected chi connectivity index (χ2v) is 3.61. The largest absolute Gasteiger partial charge is 0.314 e. The van der Waals surface area contributed by atoms with Gasteiger partial charge >= 0.3 is 0 Å². The van der Waals surface area contributed by atoms with Gasteiger partial charge in [-0.1, -0.05) is 0 Å². The molecule has 84 valence electrons. The molecule has 0 unspecified atom stereocenters. The van der Waals surface area contributed by atoms with Crippen molar-refractivity contribution in [2.45, 2.75) is 20.0 Å². The Kier molecular flexibility index (Phi) is 3.31. The molecule has 4 heteroatoms. The Morgan fingerprint density at radius 3 is 2.94 bits per heavy atom. The van der Waals surface area contributed by atoms with Crippen LogP contribution in [0, 0.1) is 0 Å². The lowest BCUT2D eigenvalue weighted by Gasteiger charge is -2.01. The second-order valence-electron chi connectivity index (χ2n) is 3.61. The van der Waals surface area contributed by atoms with Gasteiger partial charge in [0.15, 0.2) is 0 Å². The molecule has 0 spiro atoms. The van der Waals surface area contributed by atoms with Gasteiger partial charge in [-0.05, 0) is 32.2 Å². The molecule has 0 aliphatic rings. The lowest BCUT2D eigenvalue weighted by molar-refractivity contribution is 0.604. The third kappa shape index (κ3) is 2.12. The van der Waals surface area contributed by atoms with Gasteiger partial charge in [0.25, 0.3) is 0 Å². The summed E-state index contributed by atoms with van der Waals surface area (Å²) in [5, 5.41) is 7.70. The molecule has 2 aromatic rings. The Morgan fingerprint density at radius 2 is 2.31 bits per heavy atom. The Balaban J connectivity index is 2.36. The Hall–Kier alpha value is -1.68. The van der Waals surface area contributed by atoms with Gasteiger partial charge in [0, 0.05) is 31.0 Å². The zero-order valence-electron chi connectivity index (χ0n) is 9.64. The fourth-order valence-corrected chi connectivity index (χ4v) is 1.71. The highest BCUT2D eigenvalue weighted by Gasteiger charge is 2.07. The van der Waals surface area contributed by atoms with Crippen LogP contribution >= 0.6 is 0 Å². The number of nitrogens with zero attached hydrogens (tertiary/aromatic N) is 3. The average Bonchev–Trinajstić information content (AvgIpc) is 2.74. The quantitative estimate of drug-likeness (QED) is 0.845. The van der Waals surface area contributed by atoms with Gasteiger partial charge in [0.05, 0.1) is 11.4 Å². The van der Waals surface area contributed by atoms with Gasteiger partial charge in [-0.3, -0.25) is 9.67 Å². The van der Waals surface area contributed by atoms with E-state index in [4.69, 9.17) is 0 Å². The number of rotatable bonds is 4. The molecule has 0 saturated heterocycles. The van der Waals surface area contributed by atoms with Crippen LogP contribution in [0.2, 0.25) is 0 Å². The summed E-state index contributed by atoms with van der Waals surface area (Å²) in [7, 11) is 1.94. The summed E-state index contributed by atoms with van der Waals surface area (Å²) in [6.45, 7) is 3.82. The van der Waals surface area contributed by atoms with Crippen LogP contribution in [0.4, 0.5) is 0 Å². The molecule has 0 aliphatic carbocycles. The van der Waals surface area contributed by atoms with Gasteiger partial charge in [-0.25, -0.2) is 0 Å². The zero-order valence-corrected chi connectivity index (χ0v) is 9.64. The van der Waals surface area contributed by atoms with Crippen LogP contribution < -0.4 is 5.32 Å². The van der Waals surface area contributed by atoms with E-state index in [0.29, 0.717) is 0 Å². The summed E-state index contributed by atoms with van der Waals surface area (Å²) in [6, 6.07) is 6.06. The monoisotopic (exact) mass is 216 g/mol. The highest BCUT2D eigenvalue weighted by molar-refractivity contribution is 5.57. The Morgan fingerprint density at radius 1 is 1.44 bits per heavy atom. The Bertz CT molecular complexity index is 447. The second kappa shape index (κ2) is 4.90. The van der Waals surface area contributed by atoms with Gasteiger partial charge in [0.1, 0.15) is 0 Å². The van der Waals surface area contributed by atoms with Crippen molar-refractivity contribution in [2.75, 3.05) is 7.05 Å². The molecule has 0 aromatic carbocycles. The van der Waals surface area contributed by atoms with Crippen molar-refractivity contribution in [1.29, 1.82) is 0 Å². The number of nitrogens with one attached hydrogen (secondary N) is 1. The third-order valence-corrected chi connectivity index (χ3v) is 2.48. The standard InChI is InChI=1S/C12H16N4/c1-3-16-11(9-13-2)7-12(15-16)10-5-4-6-14-8-10/h4-8,13H,3,9H2,1-2H3. The topological polar surface area (TPSA) is 42.7 Å². The predicted molar refractivity (Wildman–Crippen MR) is 63.9 cm³/mol. The first kappa shape index (κ1) is 10.8. The first-order chi connectivity index (χ1) is 7.85. The lowest BCUT2D eigenvalue weighted by Crippen LogP contribution is -2.11. The van der Waals surface area contributed by atoms with Crippen LogP contribution in [0.5, 0.6) is 0 Å². The molecule has 0 radical (unpaired) electrons. The van der Waals surface area contributed by atoms with E-state index >= 15 is 0 Å². The van der Waals surface area contributed by atoms with E-state index in [9.17, 15) is 0 Å². The summed E-state index contributed by atoms with van der Waals surface area (Å²) >= 11 is 0. The molecular formula is C12H16N4. The minimum Gasteiger partial charge on any atom is -0.314 e. The van der Waals surface area contributed by atoms with E-state index in [2.05, 4.69) is 28.4 Å². The summed E-state index contributed by atoms with van der Waals surface area (Å²) < 4.78 is 2.01. The van der Waals surface area contributed by atoms with Crippen molar-refractivity contribution in [2.24, 2.45) is 0 Å². The molecule has 4 nitrogen and oxygen atoms in total. The molecule has 0 bridgehead atoms.